The number of benzene rings is 1. The van der Waals surface area contributed by atoms with Gasteiger partial charge < -0.3 is 5.32 Å². The molecule has 0 saturated heterocycles. The maximum Gasteiger partial charge on any atom is 0.0749 e. The van der Waals surface area contributed by atoms with Gasteiger partial charge in [0, 0.05) is 17.6 Å². The molecule has 1 aliphatic carbocycles. The highest BCUT2D eigenvalue weighted by molar-refractivity contribution is 5.82. The fraction of sp³-hybridized carbons (Fsp3) is 0.526. The first-order valence-corrected chi connectivity index (χ1v) is 8.12. The van der Waals surface area contributed by atoms with Crippen molar-refractivity contribution in [3.05, 3.63) is 42.1 Å². The van der Waals surface area contributed by atoms with Crippen LogP contribution in [0.15, 0.2) is 36.5 Å². The molecule has 1 unspecified atom stereocenters. The van der Waals surface area contributed by atoms with Gasteiger partial charge in [0.1, 0.15) is 0 Å². The average molecular weight is 282 g/mol. The molecule has 112 valence electrons. The molecule has 1 aliphatic rings. The molecule has 3 rings (SSSR count). The van der Waals surface area contributed by atoms with Crippen molar-refractivity contribution in [3.8, 4) is 0 Å². The summed E-state index contributed by atoms with van der Waals surface area (Å²) in [5.41, 5.74) is 3.04. The van der Waals surface area contributed by atoms with Gasteiger partial charge in [-0.05, 0) is 55.7 Å². The Morgan fingerprint density at radius 2 is 1.86 bits per heavy atom. The van der Waals surface area contributed by atoms with E-state index in [1.54, 1.807) is 0 Å². The van der Waals surface area contributed by atoms with E-state index >= 15 is 0 Å². The van der Waals surface area contributed by atoms with Crippen molar-refractivity contribution in [1.29, 1.82) is 0 Å². The Hall–Kier alpha value is -1.41. The minimum atomic E-state index is 0.416. The zero-order chi connectivity index (χ0) is 14.9. The lowest BCUT2D eigenvalue weighted by Crippen LogP contribution is -2.31. The normalized spacial score (nSPS) is 20.5. The molecule has 21 heavy (non-hydrogen) atoms. The van der Waals surface area contributed by atoms with Gasteiger partial charge in [0.05, 0.1) is 5.52 Å². The Morgan fingerprint density at radius 3 is 2.57 bits per heavy atom. The van der Waals surface area contributed by atoms with E-state index in [1.165, 1.54) is 36.6 Å². The van der Waals surface area contributed by atoms with E-state index in [2.05, 4.69) is 55.5 Å². The number of aromatic nitrogens is 1. The molecule has 1 fully saturated rings. The van der Waals surface area contributed by atoms with Gasteiger partial charge in [-0.2, -0.15) is 0 Å². The lowest BCUT2D eigenvalue weighted by atomic mass is 9.70. The van der Waals surface area contributed by atoms with Gasteiger partial charge >= 0.3 is 0 Å². The number of nitrogens with one attached hydrogen (secondary N) is 1. The highest BCUT2D eigenvalue weighted by Gasteiger charge is 2.32. The topological polar surface area (TPSA) is 24.9 Å². The van der Waals surface area contributed by atoms with Crippen LogP contribution in [-0.2, 0) is 0 Å². The summed E-state index contributed by atoms with van der Waals surface area (Å²) in [5.74, 6) is 0.718. The van der Waals surface area contributed by atoms with Crippen LogP contribution in [-0.4, -0.2) is 12.0 Å². The summed E-state index contributed by atoms with van der Waals surface area (Å²) in [6, 6.07) is 11.2. The van der Waals surface area contributed by atoms with Crippen molar-refractivity contribution >= 4 is 10.9 Å². The summed E-state index contributed by atoms with van der Waals surface area (Å²) in [5, 5.41) is 4.81. The SMILES string of the molecule is CNC(c1cccc2cccnc12)C1CCC(C)(C)CC1. The Bertz CT molecular complexity index is 602. The summed E-state index contributed by atoms with van der Waals surface area (Å²) < 4.78 is 0. The maximum absolute atomic E-state index is 4.63. The van der Waals surface area contributed by atoms with Crippen LogP contribution >= 0.6 is 0 Å². The molecule has 0 aliphatic heterocycles. The maximum atomic E-state index is 4.63. The second-order valence-corrected chi connectivity index (χ2v) is 7.19. The lowest BCUT2D eigenvalue weighted by molar-refractivity contribution is 0.164. The van der Waals surface area contributed by atoms with Crippen LogP contribution in [0.4, 0.5) is 0 Å². The number of pyridine rings is 1. The van der Waals surface area contributed by atoms with Gasteiger partial charge in [-0.15, -0.1) is 0 Å². The Morgan fingerprint density at radius 1 is 1.14 bits per heavy atom. The number of hydrogen-bond donors (Lipinski definition) is 1. The van der Waals surface area contributed by atoms with E-state index in [0.717, 1.165) is 11.4 Å². The summed E-state index contributed by atoms with van der Waals surface area (Å²) in [6.45, 7) is 4.80. The summed E-state index contributed by atoms with van der Waals surface area (Å²) in [7, 11) is 2.09. The number of fused-ring (bicyclic) bond motifs is 1. The van der Waals surface area contributed by atoms with Crippen LogP contribution in [0.5, 0.6) is 0 Å². The molecule has 1 saturated carbocycles. The van der Waals surface area contributed by atoms with Crippen LogP contribution in [0.2, 0.25) is 0 Å². The first-order chi connectivity index (χ1) is 10.1. The van der Waals surface area contributed by atoms with Crippen LogP contribution in [0.3, 0.4) is 0 Å². The first-order valence-electron chi connectivity index (χ1n) is 8.12. The highest BCUT2D eigenvalue weighted by Crippen LogP contribution is 2.43. The Balaban J connectivity index is 1.92. The smallest absolute Gasteiger partial charge is 0.0749 e. The Labute approximate surface area is 128 Å². The summed E-state index contributed by atoms with van der Waals surface area (Å²) >= 11 is 0. The Kier molecular flexibility index (Phi) is 3.99. The molecule has 2 nitrogen and oxygen atoms in total. The van der Waals surface area contributed by atoms with Crippen molar-refractivity contribution in [2.24, 2.45) is 11.3 Å². The van der Waals surface area contributed by atoms with Gasteiger partial charge in [-0.25, -0.2) is 0 Å². The van der Waals surface area contributed by atoms with E-state index in [9.17, 15) is 0 Å². The number of para-hydroxylation sites is 1. The van der Waals surface area contributed by atoms with Crippen LogP contribution in [0, 0.1) is 11.3 Å². The van der Waals surface area contributed by atoms with Crippen LogP contribution in [0.1, 0.15) is 51.1 Å². The largest absolute Gasteiger partial charge is 0.313 e. The van der Waals surface area contributed by atoms with Gasteiger partial charge in [0.25, 0.3) is 0 Å². The molecule has 1 heterocycles. The van der Waals surface area contributed by atoms with Crippen molar-refractivity contribution in [2.75, 3.05) is 7.05 Å². The van der Waals surface area contributed by atoms with Crippen LogP contribution in [0.25, 0.3) is 10.9 Å². The second-order valence-electron chi connectivity index (χ2n) is 7.19. The third-order valence-corrected chi connectivity index (χ3v) is 5.17. The van der Waals surface area contributed by atoms with Crippen LogP contribution < -0.4 is 5.32 Å². The predicted molar refractivity (Wildman–Crippen MR) is 89.3 cm³/mol. The van der Waals surface area contributed by atoms with E-state index in [1.807, 2.05) is 12.3 Å². The van der Waals surface area contributed by atoms with Gasteiger partial charge in [-0.1, -0.05) is 38.1 Å². The fourth-order valence-corrected chi connectivity index (χ4v) is 3.78. The van der Waals surface area contributed by atoms with Crippen molar-refractivity contribution in [2.45, 2.75) is 45.6 Å². The van der Waals surface area contributed by atoms with E-state index in [0.29, 0.717) is 11.5 Å². The third kappa shape index (κ3) is 2.96. The molecule has 1 atom stereocenters. The molecule has 1 aromatic heterocycles. The monoisotopic (exact) mass is 282 g/mol. The van der Waals surface area contributed by atoms with Crippen molar-refractivity contribution in [1.82, 2.24) is 10.3 Å². The fourth-order valence-electron chi connectivity index (χ4n) is 3.78. The molecular formula is C19H26N2. The molecule has 2 aromatic rings. The highest BCUT2D eigenvalue weighted by atomic mass is 14.9. The quantitative estimate of drug-likeness (QED) is 0.881. The van der Waals surface area contributed by atoms with E-state index < -0.39 is 0 Å². The minimum absolute atomic E-state index is 0.416. The van der Waals surface area contributed by atoms with E-state index in [-0.39, 0.29) is 0 Å². The molecule has 1 N–H and O–H groups in total. The summed E-state index contributed by atoms with van der Waals surface area (Å²) in [4.78, 5) is 4.63. The number of hydrogen-bond acceptors (Lipinski definition) is 2. The van der Waals surface area contributed by atoms with Crippen molar-refractivity contribution in [3.63, 3.8) is 0 Å². The summed E-state index contributed by atoms with van der Waals surface area (Å²) in [6.07, 6.45) is 7.17. The molecule has 0 radical (unpaired) electrons. The average Bonchev–Trinajstić information content (AvgIpc) is 2.50. The molecule has 0 spiro atoms. The zero-order valence-corrected chi connectivity index (χ0v) is 13.4. The van der Waals surface area contributed by atoms with Crippen molar-refractivity contribution < 1.29 is 0 Å². The molecule has 1 aromatic carbocycles. The molecule has 0 bridgehead atoms. The van der Waals surface area contributed by atoms with Gasteiger partial charge in [0.15, 0.2) is 0 Å². The molecule has 2 heteroatoms. The third-order valence-electron chi connectivity index (χ3n) is 5.17. The van der Waals surface area contributed by atoms with Gasteiger partial charge in [-0.3, -0.25) is 4.98 Å². The number of rotatable bonds is 3. The van der Waals surface area contributed by atoms with Gasteiger partial charge in [0.2, 0.25) is 0 Å². The zero-order valence-electron chi connectivity index (χ0n) is 13.4. The predicted octanol–water partition coefficient (Wildman–Crippen LogP) is 4.71. The minimum Gasteiger partial charge on any atom is -0.313 e. The first kappa shape index (κ1) is 14.5. The van der Waals surface area contributed by atoms with E-state index in [4.69, 9.17) is 0 Å². The standard InChI is InChI=1S/C19H26N2/c1-19(2)11-9-15(10-12-19)17(20-3)16-8-4-6-14-7-5-13-21-18(14)16/h4-8,13,15,17,20H,9-12H2,1-3H3. The number of nitrogens with zero attached hydrogens (tertiary/aromatic N) is 1. The lowest BCUT2D eigenvalue weighted by Gasteiger charge is -2.38. The second kappa shape index (κ2) is 5.76. The molecular weight excluding hydrogens is 256 g/mol. The molecule has 0 amide bonds.